The van der Waals surface area contributed by atoms with Gasteiger partial charge in [-0.3, -0.25) is 4.79 Å². The van der Waals surface area contributed by atoms with Gasteiger partial charge in [-0.05, 0) is 50.5 Å². The number of benzene rings is 1. The van der Waals surface area contributed by atoms with E-state index in [4.69, 9.17) is 4.74 Å². The van der Waals surface area contributed by atoms with E-state index in [1.165, 1.54) is 28.0 Å². The summed E-state index contributed by atoms with van der Waals surface area (Å²) in [5.41, 5.74) is 5.83. The number of aromatic nitrogens is 1. The van der Waals surface area contributed by atoms with E-state index in [9.17, 15) is 4.79 Å². The third-order valence-corrected chi connectivity index (χ3v) is 4.12. The average Bonchev–Trinajstić information content (AvgIpc) is 2.82. The molecule has 0 fully saturated rings. The zero-order valence-corrected chi connectivity index (χ0v) is 13.1. The summed E-state index contributed by atoms with van der Waals surface area (Å²) in [5.74, 6) is -0.217. The summed E-state index contributed by atoms with van der Waals surface area (Å²) in [6.45, 7) is 8.52. The second-order valence-electron chi connectivity index (χ2n) is 4.86. The number of hydrogen-bond donors (Lipinski definition) is 0. The maximum absolute atomic E-state index is 11.5. The summed E-state index contributed by atoms with van der Waals surface area (Å²) in [5, 5.41) is 2.81. The molecule has 2 aromatic rings. The molecule has 0 aliphatic carbocycles. The Morgan fingerprint density at radius 3 is 2.60 bits per heavy atom. The second-order valence-corrected chi connectivity index (χ2v) is 5.80. The standard InChI is InChI=1S/C16H19NO2S/c1-5-19-16(18)8-15-17-14(9-20-15)13-7-11(3)10(2)6-12(13)4/h6-7,9H,5,8H2,1-4H3. The zero-order chi connectivity index (χ0) is 14.7. The van der Waals surface area contributed by atoms with Crippen LogP contribution in [0.2, 0.25) is 0 Å². The highest BCUT2D eigenvalue weighted by atomic mass is 32.1. The Morgan fingerprint density at radius 2 is 1.90 bits per heavy atom. The fourth-order valence-corrected chi connectivity index (χ4v) is 2.87. The highest BCUT2D eigenvalue weighted by molar-refractivity contribution is 7.10. The van der Waals surface area contributed by atoms with Gasteiger partial charge in [0.2, 0.25) is 0 Å². The highest BCUT2D eigenvalue weighted by Gasteiger charge is 2.12. The Hall–Kier alpha value is -1.68. The predicted molar refractivity (Wildman–Crippen MR) is 82.1 cm³/mol. The lowest BCUT2D eigenvalue weighted by atomic mass is 9.99. The Balaban J connectivity index is 2.25. The van der Waals surface area contributed by atoms with Crippen molar-refractivity contribution in [2.24, 2.45) is 0 Å². The first-order chi connectivity index (χ1) is 9.51. The van der Waals surface area contributed by atoms with Crippen LogP contribution >= 0.6 is 11.3 Å². The van der Waals surface area contributed by atoms with E-state index in [1.807, 2.05) is 12.3 Å². The third kappa shape index (κ3) is 3.25. The van der Waals surface area contributed by atoms with Crippen molar-refractivity contribution in [1.82, 2.24) is 4.98 Å². The largest absolute Gasteiger partial charge is 0.466 e. The number of aryl methyl sites for hydroxylation is 3. The summed E-state index contributed by atoms with van der Waals surface area (Å²) in [4.78, 5) is 16.0. The molecule has 2 rings (SSSR count). The van der Waals surface area contributed by atoms with E-state index in [0.717, 1.165) is 16.3 Å². The van der Waals surface area contributed by atoms with Crippen LogP contribution in [0.1, 0.15) is 28.6 Å². The first kappa shape index (κ1) is 14.7. The van der Waals surface area contributed by atoms with Crippen molar-refractivity contribution >= 4 is 17.3 Å². The molecule has 20 heavy (non-hydrogen) atoms. The van der Waals surface area contributed by atoms with Crippen LogP contribution in [0, 0.1) is 20.8 Å². The van der Waals surface area contributed by atoms with Crippen LogP contribution < -0.4 is 0 Å². The summed E-state index contributed by atoms with van der Waals surface area (Å²) in [6.07, 6.45) is 0.252. The maximum atomic E-state index is 11.5. The second kappa shape index (κ2) is 6.18. The van der Waals surface area contributed by atoms with E-state index in [0.29, 0.717) is 6.61 Å². The van der Waals surface area contributed by atoms with Crippen LogP contribution in [-0.2, 0) is 16.0 Å². The number of hydrogen-bond acceptors (Lipinski definition) is 4. The van der Waals surface area contributed by atoms with Gasteiger partial charge in [0.15, 0.2) is 0 Å². The van der Waals surface area contributed by atoms with Gasteiger partial charge in [-0.2, -0.15) is 0 Å². The molecular formula is C16H19NO2S. The van der Waals surface area contributed by atoms with Gasteiger partial charge in [0.1, 0.15) is 5.01 Å². The molecule has 0 bridgehead atoms. The van der Waals surface area contributed by atoms with E-state index in [1.54, 1.807) is 0 Å². The van der Waals surface area contributed by atoms with Crippen molar-refractivity contribution < 1.29 is 9.53 Å². The molecule has 0 unspecified atom stereocenters. The number of carbonyl (C=O) groups is 1. The molecule has 1 aromatic heterocycles. The van der Waals surface area contributed by atoms with E-state index >= 15 is 0 Å². The number of rotatable bonds is 4. The van der Waals surface area contributed by atoms with Crippen molar-refractivity contribution in [1.29, 1.82) is 0 Å². The maximum Gasteiger partial charge on any atom is 0.312 e. The van der Waals surface area contributed by atoms with Gasteiger partial charge >= 0.3 is 5.97 Å². The molecule has 0 saturated heterocycles. The van der Waals surface area contributed by atoms with Crippen LogP contribution in [0.3, 0.4) is 0 Å². The normalized spacial score (nSPS) is 10.6. The van der Waals surface area contributed by atoms with Crippen LogP contribution in [0.25, 0.3) is 11.3 Å². The Labute approximate surface area is 123 Å². The van der Waals surface area contributed by atoms with Crippen LogP contribution in [0.4, 0.5) is 0 Å². The average molecular weight is 289 g/mol. The van der Waals surface area contributed by atoms with Crippen LogP contribution in [0.5, 0.6) is 0 Å². The van der Waals surface area contributed by atoms with E-state index < -0.39 is 0 Å². The summed E-state index contributed by atoms with van der Waals surface area (Å²) in [6, 6.07) is 4.34. The van der Waals surface area contributed by atoms with Crippen LogP contribution in [0.15, 0.2) is 17.5 Å². The Morgan fingerprint density at radius 1 is 1.20 bits per heavy atom. The lowest BCUT2D eigenvalue weighted by Gasteiger charge is -2.07. The smallest absolute Gasteiger partial charge is 0.312 e. The molecule has 3 nitrogen and oxygen atoms in total. The van der Waals surface area contributed by atoms with Crippen molar-refractivity contribution in [2.75, 3.05) is 6.61 Å². The molecule has 4 heteroatoms. The number of thiazole rings is 1. The molecule has 0 atom stereocenters. The van der Waals surface area contributed by atoms with Gasteiger partial charge in [0.25, 0.3) is 0 Å². The fourth-order valence-electron chi connectivity index (χ4n) is 2.09. The summed E-state index contributed by atoms with van der Waals surface area (Å²) in [7, 11) is 0. The first-order valence-electron chi connectivity index (χ1n) is 6.69. The quantitative estimate of drug-likeness (QED) is 0.803. The SMILES string of the molecule is CCOC(=O)Cc1nc(-c2cc(C)c(C)cc2C)cs1. The minimum atomic E-state index is -0.217. The lowest BCUT2D eigenvalue weighted by Crippen LogP contribution is -2.07. The van der Waals surface area contributed by atoms with Crippen molar-refractivity contribution in [2.45, 2.75) is 34.1 Å². The number of ether oxygens (including phenoxy) is 1. The predicted octanol–water partition coefficient (Wildman–Crippen LogP) is 3.84. The van der Waals surface area contributed by atoms with Crippen molar-refractivity contribution in [3.05, 3.63) is 39.2 Å². The molecule has 0 N–H and O–H groups in total. The van der Waals surface area contributed by atoms with Gasteiger partial charge in [0, 0.05) is 10.9 Å². The number of nitrogens with zero attached hydrogens (tertiary/aromatic N) is 1. The monoisotopic (exact) mass is 289 g/mol. The van der Waals surface area contributed by atoms with Crippen molar-refractivity contribution in [3.63, 3.8) is 0 Å². The molecule has 0 aliphatic rings. The minimum Gasteiger partial charge on any atom is -0.466 e. The Kier molecular flexibility index (Phi) is 4.55. The van der Waals surface area contributed by atoms with Gasteiger partial charge in [-0.15, -0.1) is 11.3 Å². The third-order valence-electron chi connectivity index (χ3n) is 3.27. The molecule has 1 aromatic carbocycles. The first-order valence-corrected chi connectivity index (χ1v) is 7.57. The highest BCUT2D eigenvalue weighted by Crippen LogP contribution is 2.27. The number of carbonyl (C=O) groups excluding carboxylic acids is 1. The molecule has 0 aliphatic heterocycles. The zero-order valence-electron chi connectivity index (χ0n) is 12.3. The van der Waals surface area contributed by atoms with Gasteiger partial charge < -0.3 is 4.74 Å². The fraction of sp³-hybridized carbons (Fsp3) is 0.375. The van der Waals surface area contributed by atoms with E-state index in [-0.39, 0.29) is 12.4 Å². The topological polar surface area (TPSA) is 39.2 Å². The van der Waals surface area contributed by atoms with E-state index in [2.05, 4.69) is 37.9 Å². The molecule has 0 amide bonds. The summed E-state index contributed by atoms with van der Waals surface area (Å²) < 4.78 is 4.95. The number of esters is 1. The molecule has 106 valence electrons. The Bertz CT molecular complexity index is 631. The van der Waals surface area contributed by atoms with Gasteiger partial charge in [0.05, 0.1) is 18.7 Å². The molecular weight excluding hydrogens is 270 g/mol. The molecule has 0 radical (unpaired) electrons. The molecule has 0 saturated carbocycles. The minimum absolute atomic E-state index is 0.217. The summed E-state index contributed by atoms with van der Waals surface area (Å²) >= 11 is 1.51. The van der Waals surface area contributed by atoms with Gasteiger partial charge in [-0.25, -0.2) is 4.98 Å². The van der Waals surface area contributed by atoms with Crippen LogP contribution in [-0.4, -0.2) is 17.6 Å². The van der Waals surface area contributed by atoms with Crippen molar-refractivity contribution in [3.8, 4) is 11.3 Å². The molecule has 1 heterocycles. The van der Waals surface area contributed by atoms with Gasteiger partial charge in [-0.1, -0.05) is 6.07 Å². The lowest BCUT2D eigenvalue weighted by molar-refractivity contribution is -0.142. The molecule has 0 spiro atoms.